The van der Waals surface area contributed by atoms with Crippen LogP contribution in [-0.2, 0) is 52.0 Å². The fourth-order valence-corrected chi connectivity index (χ4v) is 7.60. The molecule has 0 spiro atoms. The molecule has 51 heavy (non-hydrogen) atoms. The van der Waals surface area contributed by atoms with Crippen molar-refractivity contribution in [3.63, 3.8) is 0 Å². The molecular weight excluding hydrogens is 808 g/mol. The van der Waals surface area contributed by atoms with Crippen LogP contribution < -0.4 is 15.9 Å². The van der Waals surface area contributed by atoms with Gasteiger partial charge >= 0.3 is 99.5 Å². The van der Waals surface area contributed by atoms with Crippen molar-refractivity contribution < 1.29 is 52.0 Å². The Balaban J connectivity index is 0.000000247. The first-order chi connectivity index (χ1) is 24.3. The number of hydrogen-bond donors (Lipinski definition) is 0. The van der Waals surface area contributed by atoms with Crippen molar-refractivity contribution in [2.75, 3.05) is 0 Å². The summed E-state index contributed by atoms with van der Waals surface area (Å²) >= 11 is 2.62. The third-order valence-corrected chi connectivity index (χ3v) is 10.4. The third kappa shape index (κ3) is 17.6. The Bertz CT molecular complexity index is 1710. The second kappa shape index (κ2) is 27.6. The zero-order valence-electron chi connectivity index (χ0n) is 28.2. The van der Waals surface area contributed by atoms with Crippen molar-refractivity contribution in [3.8, 4) is 0 Å². The first kappa shape index (κ1) is 43.1. The van der Waals surface area contributed by atoms with Gasteiger partial charge in [0.05, 0.1) is 7.92 Å². The van der Waals surface area contributed by atoms with E-state index >= 15 is 0 Å². The first-order valence-electron chi connectivity index (χ1n) is 16.2. The molecule has 0 aliphatic rings. The Morgan fingerprint density at radius 2 is 0.843 bits per heavy atom. The van der Waals surface area contributed by atoms with Crippen molar-refractivity contribution in [2.45, 2.75) is 0 Å². The SMILES string of the molecule is [Fe].[Fe].[Ru+]=[C](C=C=C[c-]1cccc1)[c-]1cccc1.[cH-]1[cH-][cH-][cH-][cH-]1.c1cc[cH-]c1.c1cc[cH-]c1.c1ccc([PH+](c2ccccc2)c2ccccc2)cc1. The summed E-state index contributed by atoms with van der Waals surface area (Å²) in [5.41, 5.74) is 5.59. The minimum atomic E-state index is -0.877. The van der Waals surface area contributed by atoms with E-state index in [-0.39, 0.29) is 34.1 Å². The van der Waals surface area contributed by atoms with Gasteiger partial charge in [-0.1, -0.05) is 54.6 Å². The summed E-state index contributed by atoms with van der Waals surface area (Å²) in [6.07, 6.45) is 3.97. The molecule has 0 amide bonds. The van der Waals surface area contributed by atoms with Gasteiger partial charge < -0.3 is 30.3 Å². The fourth-order valence-electron chi connectivity index (χ4n) is 4.58. The minimum absolute atomic E-state index is 0. The molecule has 0 unspecified atom stereocenters. The Labute approximate surface area is 337 Å². The van der Waals surface area contributed by atoms with Crippen molar-refractivity contribution >= 4 is 34.0 Å². The molecule has 0 nitrogen and oxygen atoms in total. The van der Waals surface area contributed by atoms with Gasteiger partial charge in [0, 0.05) is 34.1 Å². The molecule has 0 fully saturated rings. The Morgan fingerprint density at radius 1 is 0.490 bits per heavy atom. The first-order valence-corrected chi connectivity index (χ1v) is 18.6. The second-order valence-electron chi connectivity index (χ2n) is 10.5. The Morgan fingerprint density at radius 3 is 1.18 bits per heavy atom. The standard InChI is InChI=1S/C18H15P.C14H10.3C5H5.2Fe.Ru/c1-4-10-16(11-5-1)19(17-12-6-2-7-13-17)18-14-8-3-9-15-18;1-2-8-13(7-1)11-5-6-12-14-9-3-4-10-14;3*1-2-4-5-3-1;;;/h1-15H;1-5,7-10,12H;3*1-5H;;;/q;-2;-5;2*-1;;;+1/p+1. The van der Waals surface area contributed by atoms with Crippen LogP contribution in [0.15, 0.2) is 242 Å². The smallest absolute Gasteiger partial charge is 0.102 e. The molecule has 0 saturated heterocycles. The molecule has 0 aliphatic carbocycles. The van der Waals surface area contributed by atoms with Crippen molar-refractivity contribution in [1.29, 1.82) is 0 Å². The molecule has 8 aromatic carbocycles. The van der Waals surface area contributed by atoms with Crippen LogP contribution in [0.1, 0.15) is 11.1 Å². The molecule has 0 bridgehead atoms. The zero-order chi connectivity index (χ0) is 34.0. The summed E-state index contributed by atoms with van der Waals surface area (Å²) in [6.45, 7) is 0. The van der Waals surface area contributed by atoms with Gasteiger partial charge in [0.2, 0.25) is 0 Å². The molecule has 265 valence electrons. The van der Waals surface area contributed by atoms with Gasteiger partial charge in [-0.3, -0.25) is 0 Å². The summed E-state index contributed by atoms with van der Waals surface area (Å²) < 4.78 is 1.17. The fraction of sp³-hybridized carbons (Fsp3) is 0. The average molecular weight is 850 g/mol. The number of hydrogen-bond acceptors (Lipinski definition) is 0. The van der Waals surface area contributed by atoms with E-state index in [2.05, 4.69) is 139 Å². The maximum Gasteiger partial charge on any atom is 0.102 e. The van der Waals surface area contributed by atoms with Crippen molar-refractivity contribution in [2.24, 2.45) is 0 Å². The predicted octanol–water partition coefficient (Wildman–Crippen LogP) is 10.4. The number of benzene rings is 3. The maximum atomic E-state index is 3.17. The molecule has 8 rings (SSSR count). The topological polar surface area (TPSA) is 0 Å². The van der Waals surface area contributed by atoms with E-state index in [4.69, 9.17) is 0 Å². The summed E-state index contributed by atoms with van der Waals surface area (Å²) in [5.74, 6) is 0. The average Bonchev–Trinajstić information content (AvgIpc) is 4.02. The van der Waals surface area contributed by atoms with Gasteiger partial charge in [-0.15, -0.1) is 0 Å². The van der Waals surface area contributed by atoms with Crippen LogP contribution in [0.3, 0.4) is 0 Å². The van der Waals surface area contributed by atoms with Crippen LogP contribution in [0.25, 0.3) is 6.08 Å². The van der Waals surface area contributed by atoms with E-state index < -0.39 is 7.92 Å². The predicted molar refractivity (Wildman–Crippen MR) is 213 cm³/mol. The normalized spacial score (nSPS) is 9.04. The molecular formula is C47H41Fe2PRu-7. The van der Waals surface area contributed by atoms with Gasteiger partial charge in [-0.2, -0.15) is 36.4 Å². The van der Waals surface area contributed by atoms with Crippen molar-refractivity contribution in [1.82, 2.24) is 0 Å². The molecule has 4 heteroatoms. The monoisotopic (exact) mass is 850 g/mol. The third-order valence-electron chi connectivity index (χ3n) is 6.93. The summed E-state index contributed by atoms with van der Waals surface area (Å²) in [7, 11) is -0.877. The van der Waals surface area contributed by atoms with E-state index in [1.807, 2.05) is 127 Å². The number of rotatable bonds is 6. The molecule has 0 atom stereocenters. The molecule has 0 saturated carbocycles. The van der Waals surface area contributed by atoms with Gasteiger partial charge in [0.15, 0.2) is 0 Å². The van der Waals surface area contributed by atoms with E-state index in [1.165, 1.54) is 31.1 Å². The summed E-state index contributed by atoms with van der Waals surface area (Å²) in [5, 5.41) is 4.31. The van der Waals surface area contributed by atoms with Crippen LogP contribution >= 0.6 is 7.92 Å². The zero-order valence-corrected chi connectivity index (χ0v) is 33.1. The maximum absolute atomic E-state index is 3.17. The van der Waals surface area contributed by atoms with Gasteiger partial charge in [-0.05, 0) is 36.4 Å². The molecule has 8 aromatic rings. The molecule has 0 aromatic heterocycles. The summed E-state index contributed by atoms with van der Waals surface area (Å²) in [6, 6.07) is 78.9. The van der Waals surface area contributed by atoms with Crippen LogP contribution in [0.4, 0.5) is 0 Å². The molecule has 0 aliphatic heterocycles. The van der Waals surface area contributed by atoms with E-state index in [9.17, 15) is 0 Å². The molecule has 0 heterocycles. The van der Waals surface area contributed by atoms with E-state index in [1.54, 1.807) is 0 Å². The second-order valence-corrected chi connectivity index (χ2v) is 14.0. The minimum Gasteiger partial charge on any atom is -0.748 e. The number of allylic oxidation sites excluding steroid dienone is 1. The largest absolute Gasteiger partial charge is 0.748 e. The van der Waals surface area contributed by atoms with Gasteiger partial charge in [-0.25, -0.2) is 24.3 Å². The van der Waals surface area contributed by atoms with Crippen LogP contribution in [0.5, 0.6) is 0 Å². The molecule has 0 N–H and O–H groups in total. The van der Waals surface area contributed by atoms with E-state index in [0.717, 1.165) is 0 Å². The van der Waals surface area contributed by atoms with Crippen LogP contribution in [-0.4, -0.2) is 4.11 Å². The van der Waals surface area contributed by atoms with Crippen molar-refractivity contribution in [3.05, 3.63) is 253 Å². The Hall–Kier alpha value is -4.11. The molecule has 0 radical (unpaired) electrons. The van der Waals surface area contributed by atoms with Gasteiger partial charge in [0.25, 0.3) is 0 Å². The van der Waals surface area contributed by atoms with Crippen LogP contribution in [0, 0.1) is 0 Å². The van der Waals surface area contributed by atoms with Crippen LogP contribution in [0.2, 0.25) is 0 Å². The Kier molecular flexibility index (Phi) is 23.3. The quantitative estimate of drug-likeness (QED) is 0.0677. The van der Waals surface area contributed by atoms with Gasteiger partial charge in [0.1, 0.15) is 15.9 Å². The summed E-state index contributed by atoms with van der Waals surface area (Å²) in [4.78, 5) is 0. The van der Waals surface area contributed by atoms with E-state index in [0.29, 0.717) is 0 Å².